The number of nitrogens with zero attached hydrogens (tertiary/aromatic N) is 1. The molecular formula is C23H23ClN2O3. The van der Waals surface area contributed by atoms with Crippen molar-refractivity contribution in [2.45, 2.75) is 39.7 Å². The van der Waals surface area contributed by atoms with Crippen LogP contribution in [0.15, 0.2) is 40.9 Å². The zero-order valence-corrected chi connectivity index (χ0v) is 17.5. The second-order valence-electron chi connectivity index (χ2n) is 7.54. The molecule has 0 bridgehead atoms. The summed E-state index contributed by atoms with van der Waals surface area (Å²) in [6, 6.07) is 12.0. The van der Waals surface area contributed by atoms with Crippen LogP contribution in [0.2, 0.25) is 5.02 Å². The molecule has 3 aromatic rings. The van der Waals surface area contributed by atoms with E-state index in [1.54, 1.807) is 0 Å². The first-order valence-electron chi connectivity index (χ1n) is 9.65. The highest BCUT2D eigenvalue weighted by Gasteiger charge is 2.27. The van der Waals surface area contributed by atoms with Crippen molar-refractivity contribution in [3.63, 3.8) is 0 Å². The molecule has 1 aliphatic heterocycles. The summed E-state index contributed by atoms with van der Waals surface area (Å²) in [6.45, 7) is 6.20. The van der Waals surface area contributed by atoms with Gasteiger partial charge in [0.25, 0.3) is 0 Å². The monoisotopic (exact) mass is 410 g/mol. The molecule has 5 nitrogen and oxygen atoms in total. The molecule has 0 aliphatic carbocycles. The molecule has 4 rings (SSSR count). The minimum atomic E-state index is -0.0912. The van der Waals surface area contributed by atoms with Gasteiger partial charge in [0.15, 0.2) is 0 Å². The quantitative estimate of drug-likeness (QED) is 0.668. The third kappa shape index (κ3) is 4.15. The Balaban J connectivity index is 1.44. The van der Waals surface area contributed by atoms with E-state index in [4.69, 9.17) is 20.9 Å². The Morgan fingerprint density at radius 1 is 1.21 bits per heavy atom. The smallest absolute Gasteiger partial charge is 0.224 e. The molecule has 2 aromatic carbocycles. The normalized spacial score (nSPS) is 15.1. The molecule has 1 N–H and O–H groups in total. The fraction of sp³-hybridized carbons (Fsp3) is 0.304. The van der Waals surface area contributed by atoms with Crippen molar-refractivity contribution in [2.75, 3.05) is 6.54 Å². The Kier molecular flexibility index (Phi) is 5.33. The number of carbonyl (C=O) groups excluding carboxylic acids is 1. The van der Waals surface area contributed by atoms with Crippen molar-refractivity contribution in [1.29, 1.82) is 0 Å². The van der Waals surface area contributed by atoms with Gasteiger partial charge in [-0.2, -0.15) is 0 Å². The van der Waals surface area contributed by atoms with E-state index in [-0.39, 0.29) is 18.4 Å². The van der Waals surface area contributed by atoms with Crippen molar-refractivity contribution in [2.24, 2.45) is 0 Å². The van der Waals surface area contributed by atoms with Gasteiger partial charge >= 0.3 is 0 Å². The highest BCUT2D eigenvalue weighted by molar-refractivity contribution is 6.30. The maximum Gasteiger partial charge on any atom is 0.224 e. The van der Waals surface area contributed by atoms with E-state index in [1.165, 1.54) is 11.1 Å². The zero-order valence-electron chi connectivity index (χ0n) is 16.7. The lowest BCUT2D eigenvalue weighted by atomic mass is 9.98. The number of hydrogen-bond donors (Lipinski definition) is 1. The average Bonchev–Trinajstić information content (AvgIpc) is 3.24. The number of ether oxygens (including phenoxy) is 1. The van der Waals surface area contributed by atoms with Gasteiger partial charge in [0.05, 0.1) is 18.7 Å². The fourth-order valence-electron chi connectivity index (χ4n) is 3.76. The summed E-state index contributed by atoms with van der Waals surface area (Å²) in [5, 5.41) is 7.59. The molecule has 0 radical (unpaired) electrons. The third-order valence-electron chi connectivity index (χ3n) is 5.24. The van der Waals surface area contributed by atoms with Crippen LogP contribution >= 0.6 is 11.6 Å². The summed E-state index contributed by atoms with van der Waals surface area (Å²) >= 11 is 6.03. The van der Waals surface area contributed by atoms with E-state index >= 15 is 0 Å². The molecule has 29 heavy (non-hydrogen) atoms. The van der Waals surface area contributed by atoms with Crippen LogP contribution in [-0.4, -0.2) is 23.7 Å². The fourth-order valence-corrected chi connectivity index (χ4v) is 3.88. The van der Waals surface area contributed by atoms with Crippen molar-refractivity contribution in [1.82, 2.24) is 10.5 Å². The molecule has 1 aromatic heterocycles. The summed E-state index contributed by atoms with van der Waals surface area (Å²) in [6.07, 6.45) is 0.936. The molecule has 0 saturated heterocycles. The van der Waals surface area contributed by atoms with Crippen LogP contribution in [0.25, 0.3) is 11.1 Å². The van der Waals surface area contributed by atoms with Crippen LogP contribution in [-0.2, 0) is 17.6 Å². The van der Waals surface area contributed by atoms with Gasteiger partial charge in [-0.05, 0) is 55.7 Å². The number of rotatable bonds is 5. The summed E-state index contributed by atoms with van der Waals surface area (Å²) in [4.78, 5) is 12.4. The van der Waals surface area contributed by atoms with Gasteiger partial charge in [-0.15, -0.1) is 0 Å². The number of hydrogen-bond acceptors (Lipinski definition) is 4. The molecule has 1 unspecified atom stereocenters. The molecule has 0 spiro atoms. The Hall–Kier alpha value is -2.79. The average molecular weight is 411 g/mol. The first-order chi connectivity index (χ1) is 13.9. The molecule has 1 atom stereocenters. The number of benzene rings is 2. The summed E-state index contributed by atoms with van der Waals surface area (Å²) in [7, 11) is 0. The Morgan fingerprint density at radius 2 is 1.97 bits per heavy atom. The van der Waals surface area contributed by atoms with Gasteiger partial charge in [0.1, 0.15) is 17.6 Å². The first kappa shape index (κ1) is 19.5. The van der Waals surface area contributed by atoms with E-state index in [0.717, 1.165) is 34.6 Å². The molecule has 1 aliphatic rings. The van der Waals surface area contributed by atoms with Crippen molar-refractivity contribution in [3.05, 3.63) is 69.6 Å². The number of carbonyl (C=O) groups is 1. The summed E-state index contributed by atoms with van der Waals surface area (Å²) < 4.78 is 11.4. The lowest BCUT2D eigenvalue weighted by Gasteiger charge is -2.14. The van der Waals surface area contributed by atoms with Gasteiger partial charge in [0.2, 0.25) is 5.91 Å². The van der Waals surface area contributed by atoms with Crippen LogP contribution in [0.1, 0.15) is 28.1 Å². The van der Waals surface area contributed by atoms with Crippen LogP contribution in [0.4, 0.5) is 0 Å². The van der Waals surface area contributed by atoms with Gasteiger partial charge in [-0.25, -0.2) is 0 Å². The van der Waals surface area contributed by atoms with Crippen molar-refractivity contribution < 1.29 is 14.1 Å². The van der Waals surface area contributed by atoms with Gasteiger partial charge in [-0.1, -0.05) is 35.0 Å². The number of fused-ring (bicyclic) bond motifs is 1. The second kappa shape index (κ2) is 7.91. The highest BCUT2D eigenvalue weighted by Crippen LogP contribution is 2.40. The number of aryl methyl sites for hydroxylation is 3. The van der Waals surface area contributed by atoms with Crippen molar-refractivity contribution >= 4 is 17.5 Å². The van der Waals surface area contributed by atoms with Crippen molar-refractivity contribution in [3.8, 4) is 16.9 Å². The van der Waals surface area contributed by atoms with Gasteiger partial charge < -0.3 is 14.6 Å². The number of amides is 1. The van der Waals surface area contributed by atoms with Crippen LogP contribution in [0.3, 0.4) is 0 Å². The largest absolute Gasteiger partial charge is 0.487 e. The van der Waals surface area contributed by atoms with Crippen LogP contribution < -0.4 is 10.1 Å². The molecule has 0 saturated carbocycles. The third-order valence-corrected chi connectivity index (χ3v) is 5.49. The molecule has 6 heteroatoms. The van der Waals surface area contributed by atoms with E-state index in [2.05, 4.69) is 29.5 Å². The molecule has 1 amide bonds. The molecule has 0 fully saturated rings. The molecular weight excluding hydrogens is 388 g/mol. The number of halogens is 1. The lowest BCUT2D eigenvalue weighted by molar-refractivity contribution is -0.120. The minimum Gasteiger partial charge on any atom is -0.487 e. The van der Waals surface area contributed by atoms with E-state index in [0.29, 0.717) is 17.3 Å². The second-order valence-corrected chi connectivity index (χ2v) is 7.97. The maximum absolute atomic E-state index is 12.4. The number of nitrogens with one attached hydrogen (secondary N) is 1. The maximum atomic E-state index is 12.4. The van der Waals surface area contributed by atoms with Crippen LogP contribution in [0.5, 0.6) is 5.75 Å². The topological polar surface area (TPSA) is 64.4 Å². The summed E-state index contributed by atoms with van der Waals surface area (Å²) in [5.74, 6) is 1.52. The van der Waals surface area contributed by atoms with E-state index < -0.39 is 0 Å². The summed E-state index contributed by atoms with van der Waals surface area (Å²) in [5.41, 5.74) is 6.07. The van der Waals surface area contributed by atoms with E-state index in [1.807, 2.05) is 38.1 Å². The van der Waals surface area contributed by atoms with E-state index in [9.17, 15) is 4.79 Å². The highest BCUT2D eigenvalue weighted by atomic mass is 35.5. The minimum absolute atomic E-state index is 0.0620. The predicted octanol–water partition coefficient (Wildman–Crippen LogP) is 4.58. The predicted molar refractivity (Wildman–Crippen MR) is 112 cm³/mol. The standard InChI is InChI=1S/C23H23ClN2O3/c1-13-8-17-10-19(12-25-22(27)11-20-14(2)26-29-15(20)3)28-23(17)21(9-13)16-4-6-18(24)7-5-16/h4-9,19H,10-12H2,1-3H3,(H,25,27). The zero-order chi connectivity index (χ0) is 20.5. The van der Waals surface area contributed by atoms with Gasteiger partial charge in [0, 0.05) is 22.6 Å². The van der Waals surface area contributed by atoms with Gasteiger partial charge in [-0.3, -0.25) is 4.79 Å². The number of aromatic nitrogens is 1. The Bertz CT molecular complexity index is 1040. The molecule has 2 heterocycles. The Morgan fingerprint density at radius 3 is 2.66 bits per heavy atom. The SMILES string of the molecule is Cc1cc2c(c(-c3ccc(Cl)cc3)c1)OC(CNC(=O)Cc1c(C)noc1C)C2. The Labute approximate surface area is 175 Å². The van der Waals surface area contributed by atoms with Crippen LogP contribution in [0, 0.1) is 20.8 Å². The molecule has 150 valence electrons. The first-order valence-corrected chi connectivity index (χ1v) is 10.0. The lowest BCUT2D eigenvalue weighted by Crippen LogP contribution is -2.35.